The predicted octanol–water partition coefficient (Wildman–Crippen LogP) is 0.917. The molecule has 0 aromatic carbocycles. The Balaban J connectivity index is 4.99. The number of hydrogen-bond donors (Lipinski definition) is 2. The SMILES string of the molecule is C=CN/C(N=C(C)N)=C(\C)C(C)=O. The van der Waals surface area contributed by atoms with E-state index in [0.717, 1.165) is 0 Å². The molecule has 3 N–H and O–H groups in total. The highest BCUT2D eigenvalue weighted by molar-refractivity contribution is 5.93. The Morgan fingerprint density at radius 2 is 2.00 bits per heavy atom. The van der Waals surface area contributed by atoms with Gasteiger partial charge in [0.15, 0.2) is 5.78 Å². The van der Waals surface area contributed by atoms with Crippen LogP contribution in [0.15, 0.2) is 29.2 Å². The normalized spacial score (nSPS) is 13.3. The molecule has 0 saturated carbocycles. The van der Waals surface area contributed by atoms with E-state index < -0.39 is 0 Å². The topological polar surface area (TPSA) is 67.5 Å². The van der Waals surface area contributed by atoms with Gasteiger partial charge in [0.05, 0.1) is 5.84 Å². The Kier molecular flexibility index (Phi) is 4.51. The number of amidine groups is 1. The van der Waals surface area contributed by atoms with Crippen molar-refractivity contribution in [1.29, 1.82) is 0 Å². The predicted molar refractivity (Wildman–Crippen MR) is 54.0 cm³/mol. The lowest BCUT2D eigenvalue weighted by atomic mass is 10.2. The maximum Gasteiger partial charge on any atom is 0.159 e. The smallest absolute Gasteiger partial charge is 0.159 e. The number of nitrogens with one attached hydrogen (secondary N) is 1. The van der Waals surface area contributed by atoms with Crippen molar-refractivity contribution in [3.8, 4) is 0 Å². The summed E-state index contributed by atoms with van der Waals surface area (Å²) in [5.74, 6) is 0.793. The molecule has 4 nitrogen and oxygen atoms in total. The van der Waals surface area contributed by atoms with Gasteiger partial charge in [0.1, 0.15) is 5.82 Å². The number of carbonyl (C=O) groups is 1. The molecule has 0 atom stereocenters. The standard InChI is InChI=1S/C9H15N3O/c1-5-11-9(12-8(4)10)6(2)7(3)13/h5,11H,1H2,2-4H3,(H2,10,12)/b9-6-. The zero-order chi connectivity index (χ0) is 10.4. The molecule has 0 aliphatic heterocycles. The van der Waals surface area contributed by atoms with Crippen molar-refractivity contribution < 1.29 is 4.79 Å². The maximum atomic E-state index is 11.0. The average Bonchev–Trinajstić information content (AvgIpc) is 2.01. The average molecular weight is 181 g/mol. The van der Waals surface area contributed by atoms with Crippen LogP contribution in [0, 0.1) is 0 Å². The Morgan fingerprint density at radius 1 is 1.46 bits per heavy atom. The molecular formula is C9H15N3O. The Hall–Kier alpha value is -1.58. The van der Waals surface area contributed by atoms with Crippen LogP contribution in [0.4, 0.5) is 0 Å². The first-order chi connectivity index (χ1) is 5.99. The molecule has 0 bridgehead atoms. The number of ketones is 1. The highest BCUT2D eigenvalue weighted by Crippen LogP contribution is 2.03. The van der Waals surface area contributed by atoms with E-state index in [1.165, 1.54) is 13.1 Å². The van der Waals surface area contributed by atoms with E-state index in [4.69, 9.17) is 5.73 Å². The van der Waals surface area contributed by atoms with E-state index in [2.05, 4.69) is 16.9 Å². The molecular weight excluding hydrogens is 166 g/mol. The van der Waals surface area contributed by atoms with Gasteiger partial charge in [-0.1, -0.05) is 6.58 Å². The summed E-state index contributed by atoms with van der Waals surface area (Å²) in [4.78, 5) is 15.0. The Morgan fingerprint density at radius 3 is 2.31 bits per heavy atom. The molecule has 0 unspecified atom stereocenters. The molecule has 0 heterocycles. The lowest BCUT2D eigenvalue weighted by Crippen LogP contribution is -2.14. The zero-order valence-corrected chi connectivity index (χ0v) is 8.22. The Labute approximate surface area is 78.2 Å². The molecule has 13 heavy (non-hydrogen) atoms. The monoisotopic (exact) mass is 181 g/mol. The van der Waals surface area contributed by atoms with Crippen LogP contribution in [0.5, 0.6) is 0 Å². The fraction of sp³-hybridized carbons (Fsp3) is 0.333. The van der Waals surface area contributed by atoms with Gasteiger partial charge >= 0.3 is 0 Å². The third kappa shape index (κ3) is 4.10. The molecule has 0 aliphatic rings. The molecule has 0 aliphatic carbocycles. The van der Waals surface area contributed by atoms with Crippen molar-refractivity contribution in [1.82, 2.24) is 5.32 Å². The van der Waals surface area contributed by atoms with Crippen LogP contribution < -0.4 is 11.1 Å². The summed E-state index contributed by atoms with van der Waals surface area (Å²) in [6, 6.07) is 0. The number of rotatable bonds is 4. The van der Waals surface area contributed by atoms with E-state index in [0.29, 0.717) is 17.2 Å². The fourth-order valence-electron chi connectivity index (χ4n) is 0.664. The number of aliphatic imine (C=N–C) groups is 1. The fourth-order valence-corrected chi connectivity index (χ4v) is 0.664. The number of carbonyl (C=O) groups excluding carboxylic acids is 1. The quantitative estimate of drug-likeness (QED) is 0.385. The van der Waals surface area contributed by atoms with Gasteiger partial charge in [-0.05, 0) is 27.0 Å². The molecule has 0 radical (unpaired) electrons. The van der Waals surface area contributed by atoms with Crippen molar-refractivity contribution in [2.75, 3.05) is 0 Å². The van der Waals surface area contributed by atoms with Crippen molar-refractivity contribution in [2.45, 2.75) is 20.8 Å². The number of Topliss-reactive ketones (excluding diaryl/α,β-unsaturated/α-hetero) is 1. The molecule has 0 fully saturated rings. The van der Waals surface area contributed by atoms with Crippen molar-refractivity contribution in [3.05, 3.63) is 24.2 Å². The van der Waals surface area contributed by atoms with E-state index in [1.807, 2.05) is 0 Å². The van der Waals surface area contributed by atoms with Crippen molar-refractivity contribution in [3.63, 3.8) is 0 Å². The molecule has 72 valence electrons. The zero-order valence-electron chi connectivity index (χ0n) is 8.22. The molecule has 0 amide bonds. The second-order valence-electron chi connectivity index (χ2n) is 2.63. The van der Waals surface area contributed by atoms with Gasteiger partial charge in [-0.3, -0.25) is 4.79 Å². The van der Waals surface area contributed by atoms with Crippen LogP contribution in [0.1, 0.15) is 20.8 Å². The highest BCUT2D eigenvalue weighted by Gasteiger charge is 2.03. The van der Waals surface area contributed by atoms with E-state index >= 15 is 0 Å². The number of hydrogen-bond acceptors (Lipinski definition) is 3. The first-order valence-electron chi connectivity index (χ1n) is 3.89. The number of nitrogens with zero attached hydrogens (tertiary/aromatic N) is 1. The van der Waals surface area contributed by atoms with Gasteiger partial charge in [0.25, 0.3) is 0 Å². The van der Waals surface area contributed by atoms with E-state index in [-0.39, 0.29) is 5.78 Å². The summed E-state index contributed by atoms with van der Waals surface area (Å²) in [6.07, 6.45) is 1.45. The summed E-state index contributed by atoms with van der Waals surface area (Å²) < 4.78 is 0. The largest absolute Gasteiger partial charge is 0.387 e. The summed E-state index contributed by atoms with van der Waals surface area (Å²) in [5, 5.41) is 2.75. The van der Waals surface area contributed by atoms with Crippen LogP contribution >= 0.6 is 0 Å². The molecule has 4 heteroatoms. The van der Waals surface area contributed by atoms with Gasteiger partial charge < -0.3 is 11.1 Å². The Bertz CT molecular complexity index is 273. The third-order valence-electron chi connectivity index (χ3n) is 1.41. The second kappa shape index (κ2) is 5.13. The molecule has 0 aromatic rings. The van der Waals surface area contributed by atoms with Gasteiger partial charge in [-0.15, -0.1) is 0 Å². The van der Waals surface area contributed by atoms with Crippen LogP contribution in [0.25, 0.3) is 0 Å². The summed E-state index contributed by atoms with van der Waals surface area (Å²) >= 11 is 0. The van der Waals surface area contributed by atoms with Crippen LogP contribution in [0.2, 0.25) is 0 Å². The molecule has 0 saturated heterocycles. The van der Waals surface area contributed by atoms with Crippen LogP contribution in [-0.2, 0) is 4.79 Å². The minimum atomic E-state index is -0.0469. The lowest BCUT2D eigenvalue weighted by Gasteiger charge is -2.04. The summed E-state index contributed by atoms with van der Waals surface area (Å²) in [5.41, 5.74) is 5.92. The highest BCUT2D eigenvalue weighted by atomic mass is 16.1. The van der Waals surface area contributed by atoms with E-state index in [1.54, 1.807) is 13.8 Å². The van der Waals surface area contributed by atoms with Crippen LogP contribution in [-0.4, -0.2) is 11.6 Å². The van der Waals surface area contributed by atoms with Crippen LogP contribution in [0.3, 0.4) is 0 Å². The first-order valence-corrected chi connectivity index (χ1v) is 3.89. The lowest BCUT2D eigenvalue weighted by molar-refractivity contribution is -0.113. The minimum absolute atomic E-state index is 0.0469. The van der Waals surface area contributed by atoms with Crippen molar-refractivity contribution >= 4 is 11.6 Å². The van der Waals surface area contributed by atoms with Gasteiger partial charge in [0, 0.05) is 5.57 Å². The van der Waals surface area contributed by atoms with Crippen molar-refractivity contribution in [2.24, 2.45) is 10.7 Å². The molecule has 0 spiro atoms. The molecule has 0 aromatic heterocycles. The second-order valence-corrected chi connectivity index (χ2v) is 2.63. The van der Waals surface area contributed by atoms with Gasteiger partial charge in [-0.2, -0.15) is 0 Å². The maximum absolute atomic E-state index is 11.0. The molecule has 0 rings (SSSR count). The minimum Gasteiger partial charge on any atom is -0.387 e. The van der Waals surface area contributed by atoms with E-state index in [9.17, 15) is 4.79 Å². The van der Waals surface area contributed by atoms with Gasteiger partial charge in [-0.25, -0.2) is 4.99 Å². The number of allylic oxidation sites excluding steroid dienone is 1. The first kappa shape index (κ1) is 11.4. The summed E-state index contributed by atoms with van der Waals surface area (Å²) in [6.45, 7) is 8.29. The number of nitrogens with two attached hydrogens (primary N) is 1. The third-order valence-corrected chi connectivity index (χ3v) is 1.41. The summed E-state index contributed by atoms with van der Waals surface area (Å²) in [7, 11) is 0. The van der Waals surface area contributed by atoms with Gasteiger partial charge in [0.2, 0.25) is 0 Å².